The second kappa shape index (κ2) is 5.33. The van der Waals surface area contributed by atoms with Crippen LogP contribution in [0, 0.1) is 0 Å². The van der Waals surface area contributed by atoms with E-state index in [1.54, 1.807) is 0 Å². The van der Waals surface area contributed by atoms with Gasteiger partial charge in [0, 0.05) is 6.04 Å². The van der Waals surface area contributed by atoms with Gasteiger partial charge in [0.2, 0.25) is 0 Å². The minimum absolute atomic E-state index is 0.327. The molecule has 0 saturated carbocycles. The fraction of sp³-hybridized carbons (Fsp3) is 0.800. The van der Waals surface area contributed by atoms with Gasteiger partial charge in [-0.15, -0.1) is 6.58 Å². The van der Waals surface area contributed by atoms with Crippen molar-refractivity contribution in [2.75, 3.05) is 19.7 Å². The minimum Gasteiger partial charge on any atom is -0.395 e. The first-order valence-electron chi connectivity index (χ1n) is 4.84. The lowest BCUT2D eigenvalue weighted by Crippen LogP contribution is -2.32. The molecule has 1 N–H and O–H groups in total. The molecular formula is C10H19NO. The smallest absolute Gasteiger partial charge is 0.0586 e. The molecule has 1 saturated heterocycles. The topological polar surface area (TPSA) is 23.5 Å². The van der Waals surface area contributed by atoms with Crippen molar-refractivity contribution in [2.45, 2.75) is 31.7 Å². The van der Waals surface area contributed by atoms with Crippen molar-refractivity contribution in [3.05, 3.63) is 12.7 Å². The number of aliphatic hydroxyl groups is 1. The monoisotopic (exact) mass is 169 g/mol. The Morgan fingerprint density at radius 1 is 1.58 bits per heavy atom. The predicted molar refractivity (Wildman–Crippen MR) is 51.1 cm³/mol. The maximum absolute atomic E-state index is 9.03. The van der Waals surface area contributed by atoms with E-state index in [0.29, 0.717) is 12.6 Å². The fourth-order valence-corrected chi connectivity index (χ4v) is 1.84. The zero-order valence-corrected chi connectivity index (χ0v) is 7.71. The van der Waals surface area contributed by atoms with Gasteiger partial charge in [-0.05, 0) is 38.8 Å². The van der Waals surface area contributed by atoms with Crippen molar-refractivity contribution in [3.8, 4) is 0 Å². The van der Waals surface area contributed by atoms with Crippen LogP contribution in [0.5, 0.6) is 0 Å². The molecule has 1 aliphatic heterocycles. The van der Waals surface area contributed by atoms with Crippen molar-refractivity contribution in [1.29, 1.82) is 0 Å². The summed E-state index contributed by atoms with van der Waals surface area (Å²) in [6.07, 6.45) is 6.66. The first-order valence-corrected chi connectivity index (χ1v) is 4.84. The number of aliphatic hydroxyl groups excluding tert-OH is 1. The lowest BCUT2D eigenvalue weighted by molar-refractivity contribution is 0.158. The van der Waals surface area contributed by atoms with Crippen LogP contribution in [0.4, 0.5) is 0 Å². The van der Waals surface area contributed by atoms with E-state index in [4.69, 9.17) is 5.11 Å². The SMILES string of the molecule is C=CCCCN1CCC[C@@H]1CO. The zero-order chi connectivity index (χ0) is 8.81. The van der Waals surface area contributed by atoms with Crippen molar-refractivity contribution in [2.24, 2.45) is 0 Å². The van der Waals surface area contributed by atoms with E-state index in [2.05, 4.69) is 11.5 Å². The maximum atomic E-state index is 9.03. The van der Waals surface area contributed by atoms with E-state index in [0.717, 1.165) is 13.0 Å². The normalized spacial score (nSPS) is 24.6. The fourth-order valence-electron chi connectivity index (χ4n) is 1.84. The van der Waals surface area contributed by atoms with Crippen molar-refractivity contribution < 1.29 is 5.11 Å². The second-order valence-corrected chi connectivity index (χ2v) is 3.45. The van der Waals surface area contributed by atoms with Gasteiger partial charge in [-0.3, -0.25) is 4.90 Å². The Bertz CT molecular complexity index is 136. The third-order valence-corrected chi connectivity index (χ3v) is 2.56. The van der Waals surface area contributed by atoms with Crippen LogP contribution in [0.1, 0.15) is 25.7 Å². The van der Waals surface area contributed by atoms with Gasteiger partial charge in [0.15, 0.2) is 0 Å². The molecule has 0 aromatic heterocycles. The lowest BCUT2D eigenvalue weighted by atomic mass is 10.2. The summed E-state index contributed by atoms with van der Waals surface area (Å²) < 4.78 is 0. The van der Waals surface area contributed by atoms with Crippen LogP contribution in [0.15, 0.2) is 12.7 Å². The molecule has 1 atom stereocenters. The van der Waals surface area contributed by atoms with Gasteiger partial charge in [0.25, 0.3) is 0 Å². The minimum atomic E-state index is 0.327. The van der Waals surface area contributed by atoms with Crippen LogP contribution >= 0.6 is 0 Å². The van der Waals surface area contributed by atoms with Crippen molar-refractivity contribution >= 4 is 0 Å². The molecule has 2 heteroatoms. The van der Waals surface area contributed by atoms with Gasteiger partial charge in [-0.1, -0.05) is 6.08 Å². The number of rotatable bonds is 5. The number of likely N-dealkylation sites (tertiary alicyclic amines) is 1. The molecule has 0 aliphatic carbocycles. The molecule has 70 valence electrons. The number of hydrogen-bond donors (Lipinski definition) is 1. The molecule has 0 amide bonds. The molecule has 2 nitrogen and oxygen atoms in total. The number of nitrogens with zero attached hydrogens (tertiary/aromatic N) is 1. The highest BCUT2D eigenvalue weighted by molar-refractivity contribution is 4.79. The van der Waals surface area contributed by atoms with Gasteiger partial charge < -0.3 is 5.11 Å². The molecule has 0 radical (unpaired) electrons. The van der Waals surface area contributed by atoms with Gasteiger partial charge in [-0.2, -0.15) is 0 Å². The summed E-state index contributed by atoms with van der Waals surface area (Å²) in [5.41, 5.74) is 0. The summed E-state index contributed by atoms with van der Waals surface area (Å²) in [6.45, 7) is 6.31. The summed E-state index contributed by atoms with van der Waals surface area (Å²) in [7, 11) is 0. The van der Waals surface area contributed by atoms with E-state index >= 15 is 0 Å². The highest BCUT2D eigenvalue weighted by Crippen LogP contribution is 2.16. The number of unbranched alkanes of at least 4 members (excludes halogenated alkanes) is 1. The Kier molecular flexibility index (Phi) is 4.33. The number of allylic oxidation sites excluding steroid dienone is 1. The van der Waals surface area contributed by atoms with Crippen LogP contribution in [0.3, 0.4) is 0 Å². The molecule has 0 aromatic rings. The predicted octanol–water partition coefficient (Wildman–Crippen LogP) is 1.41. The van der Waals surface area contributed by atoms with Gasteiger partial charge in [0.05, 0.1) is 6.61 Å². The Labute approximate surface area is 74.9 Å². The molecular weight excluding hydrogens is 150 g/mol. The first kappa shape index (κ1) is 9.75. The quantitative estimate of drug-likeness (QED) is 0.497. The van der Waals surface area contributed by atoms with E-state index in [1.807, 2.05) is 6.08 Å². The zero-order valence-electron chi connectivity index (χ0n) is 7.71. The Hall–Kier alpha value is -0.340. The molecule has 1 aliphatic rings. The van der Waals surface area contributed by atoms with Crippen LogP contribution in [0.25, 0.3) is 0 Å². The van der Waals surface area contributed by atoms with Gasteiger partial charge in [-0.25, -0.2) is 0 Å². The molecule has 1 rings (SSSR count). The Balaban J connectivity index is 2.16. The first-order chi connectivity index (χ1) is 5.88. The Morgan fingerprint density at radius 2 is 2.42 bits per heavy atom. The summed E-state index contributed by atoms with van der Waals surface area (Å²) >= 11 is 0. The molecule has 0 bridgehead atoms. The Morgan fingerprint density at radius 3 is 3.08 bits per heavy atom. The van der Waals surface area contributed by atoms with Gasteiger partial charge in [0.1, 0.15) is 0 Å². The van der Waals surface area contributed by atoms with Crippen LogP contribution in [-0.2, 0) is 0 Å². The molecule has 0 aromatic carbocycles. The molecule has 1 fully saturated rings. The van der Waals surface area contributed by atoms with Crippen molar-refractivity contribution in [1.82, 2.24) is 4.90 Å². The van der Waals surface area contributed by atoms with Crippen LogP contribution in [-0.4, -0.2) is 35.7 Å². The number of hydrogen-bond acceptors (Lipinski definition) is 2. The standard InChI is InChI=1S/C10H19NO/c1-2-3-4-7-11-8-5-6-10(11)9-12/h2,10,12H,1,3-9H2/t10-/m1/s1. The molecule has 0 spiro atoms. The second-order valence-electron chi connectivity index (χ2n) is 3.45. The van der Waals surface area contributed by atoms with E-state index < -0.39 is 0 Å². The molecule has 1 heterocycles. The average molecular weight is 169 g/mol. The van der Waals surface area contributed by atoms with E-state index in [9.17, 15) is 0 Å². The highest BCUT2D eigenvalue weighted by Gasteiger charge is 2.22. The van der Waals surface area contributed by atoms with E-state index in [1.165, 1.54) is 25.8 Å². The average Bonchev–Trinajstić information content (AvgIpc) is 2.52. The van der Waals surface area contributed by atoms with Crippen LogP contribution < -0.4 is 0 Å². The third-order valence-electron chi connectivity index (χ3n) is 2.56. The summed E-state index contributed by atoms with van der Waals surface area (Å²) in [6, 6.07) is 0.440. The summed E-state index contributed by atoms with van der Waals surface area (Å²) in [5, 5.41) is 9.03. The summed E-state index contributed by atoms with van der Waals surface area (Å²) in [5.74, 6) is 0. The molecule has 0 unspecified atom stereocenters. The lowest BCUT2D eigenvalue weighted by Gasteiger charge is -2.21. The van der Waals surface area contributed by atoms with Crippen molar-refractivity contribution in [3.63, 3.8) is 0 Å². The maximum Gasteiger partial charge on any atom is 0.0586 e. The van der Waals surface area contributed by atoms with E-state index in [-0.39, 0.29) is 0 Å². The highest BCUT2D eigenvalue weighted by atomic mass is 16.3. The molecule has 12 heavy (non-hydrogen) atoms. The van der Waals surface area contributed by atoms with Crippen LogP contribution in [0.2, 0.25) is 0 Å². The summed E-state index contributed by atoms with van der Waals surface area (Å²) in [4.78, 5) is 2.39. The third kappa shape index (κ3) is 2.61. The largest absolute Gasteiger partial charge is 0.395 e. The van der Waals surface area contributed by atoms with Gasteiger partial charge >= 0.3 is 0 Å².